The molecule has 0 saturated carbocycles. The van der Waals surface area contributed by atoms with Crippen molar-refractivity contribution in [2.45, 2.75) is 32.2 Å². The number of nitrogens with zero attached hydrogens (tertiary/aromatic N) is 1. The molecule has 0 spiro atoms. The molecule has 7 nitrogen and oxygen atoms in total. The number of amides is 1. The lowest BCUT2D eigenvalue weighted by molar-refractivity contribution is -0.384. The van der Waals surface area contributed by atoms with E-state index in [4.69, 9.17) is 5.73 Å². The van der Waals surface area contributed by atoms with Gasteiger partial charge < -0.3 is 16.4 Å². The van der Waals surface area contributed by atoms with Gasteiger partial charge in [0.1, 0.15) is 5.69 Å². The Labute approximate surface area is 124 Å². The molecule has 0 aliphatic rings. The predicted molar refractivity (Wildman–Crippen MR) is 82.5 cm³/mol. The molecule has 1 rings (SSSR count). The van der Waals surface area contributed by atoms with E-state index in [9.17, 15) is 14.9 Å². The number of hydrogen-bond donors (Lipinski definition) is 3. The highest BCUT2D eigenvalue weighted by Crippen LogP contribution is 2.26. The number of rotatable bonds is 8. The van der Waals surface area contributed by atoms with Crippen LogP contribution in [0, 0.1) is 10.1 Å². The van der Waals surface area contributed by atoms with Gasteiger partial charge in [-0.2, -0.15) is 0 Å². The second-order valence-electron chi connectivity index (χ2n) is 4.79. The molecule has 1 aromatic rings. The van der Waals surface area contributed by atoms with Crippen molar-refractivity contribution in [3.8, 4) is 0 Å². The van der Waals surface area contributed by atoms with Crippen molar-refractivity contribution < 1.29 is 9.72 Å². The van der Waals surface area contributed by atoms with Gasteiger partial charge in [-0.25, -0.2) is 0 Å². The van der Waals surface area contributed by atoms with Gasteiger partial charge in [0.05, 0.1) is 4.92 Å². The topological polar surface area (TPSA) is 110 Å². The second kappa shape index (κ2) is 8.21. The fraction of sp³-hybridized carbons (Fsp3) is 0.500. The lowest BCUT2D eigenvalue weighted by atomic mass is 10.1. The predicted octanol–water partition coefficient (Wildman–Crippen LogP) is 1.88. The molecular weight excluding hydrogens is 272 g/mol. The summed E-state index contributed by atoms with van der Waals surface area (Å²) in [6, 6.07) is 4.21. The molecule has 1 aromatic carbocycles. The number of carbonyl (C=O) groups is 1. The van der Waals surface area contributed by atoms with E-state index in [-0.39, 0.29) is 17.6 Å². The SMILES string of the molecule is CCCCC(CN)Nc1cc(C(=O)NC)ccc1[N+](=O)[O-]. The van der Waals surface area contributed by atoms with Crippen molar-refractivity contribution >= 4 is 17.3 Å². The first-order valence-electron chi connectivity index (χ1n) is 7.00. The Balaban J connectivity index is 3.04. The molecule has 1 atom stereocenters. The lowest BCUT2D eigenvalue weighted by Crippen LogP contribution is -2.29. The molecule has 4 N–H and O–H groups in total. The van der Waals surface area contributed by atoms with Crippen LogP contribution in [-0.4, -0.2) is 30.5 Å². The minimum Gasteiger partial charge on any atom is -0.375 e. The first-order valence-corrected chi connectivity index (χ1v) is 7.00. The van der Waals surface area contributed by atoms with Gasteiger partial charge in [-0.3, -0.25) is 14.9 Å². The largest absolute Gasteiger partial charge is 0.375 e. The number of nitro benzene ring substituents is 1. The van der Waals surface area contributed by atoms with Crippen molar-refractivity contribution in [3.05, 3.63) is 33.9 Å². The molecule has 0 aliphatic heterocycles. The third-order valence-corrected chi connectivity index (χ3v) is 3.23. The van der Waals surface area contributed by atoms with E-state index >= 15 is 0 Å². The molecule has 21 heavy (non-hydrogen) atoms. The zero-order chi connectivity index (χ0) is 15.8. The summed E-state index contributed by atoms with van der Waals surface area (Å²) in [7, 11) is 1.51. The van der Waals surface area contributed by atoms with Crippen molar-refractivity contribution in [2.75, 3.05) is 18.9 Å². The van der Waals surface area contributed by atoms with Gasteiger partial charge in [-0.15, -0.1) is 0 Å². The molecule has 1 amide bonds. The van der Waals surface area contributed by atoms with Crippen molar-refractivity contribution in [1.29, 1.82) is 0 Å². The van der Waals surface area contributed by atoms with Gasteiger partial charge in [0.25, 0.3) is 11.6 Å². The van der Waals surface area contributed by atoms with E-state index in [1.54, 1.807) is 0 Å². The van der Waals surface area contributed by atoms with Crippen LogP contribution < -0.4 is 16.4 Å². The molecule has 0 aliphatic carbocycles. The van der Waals surface area contributed by atoms with Crippen molar-refractivity contribution in [3.63, 3.8) is 0 Å². The highest BCUT2D eigenvalue weighted by Gasteiger charge is 2.18. The first kappa shape index (κ1) is 16.9. The number of hydrogen-bond acceptors (Lipinski definition) is 5. The molecule has 0 heterocycles. The summed E-state index contributed by atoms with van der Waals surface area (Å²) in [4.78, 5) is 22.3. The van der Waals surface area contributed by atoms with E-state index in [0.717, 1.165) is 19.3 Å². The summed E-state index contributed by atoms with van der Waals surface area (Å²) < 4.78 is 0. The molecule has 1 unspecified atom stereocenters. The number of nitro groups is 1. The maximum absolute atomic E-state index is 11.6. The summed E-state index contributed by atoms with van der Waals surface area (Å²) >= 11 is 0. The third-order valence-electron chi connectivity index (χ3n) is 3.23. The quantitative estimate of drug-likeness (QED) is 0.501. The van der Waals surface area contributed by atoms with E-state index in [2.05, 4.69) is 17.6 Å². The van der Waals surface area contributed by atoms with Crippen LogP contribution in [0.15, 0.2) is 18.2 Å². The lowest BCUT2D eigenvalue weighted by Gasteiger charge is -2.18. The zero-order valence-corrected chi connectivity index (χ0v) is 12.4. The number of carbonyl (C=O) groups excluding carboxylic acids is 1. The Hall–Kier alpha value is -2.15. The highest BCUT2D eigenvalue weighted by atomic mass is 16.6. The fourth-order valence-corrected chi connectivity index (χ4v) is 2.02. The Morgan fingerprint density at radius 2 is 2.19 bits per heavy atom. The summed E-state index contributed by atoms with van der Waals surface area (Å²) in [6.07, 6.45) is 2.84. The van der Waals surface area contributed by atoms with Crippen LogP contribution in [-0.2, 0) is 0 Å². The molecular formula is C14H22N4O3. The smallest absolute Gasteiger partial charge is 0.292 e. The molecule has 116 valence electrons. The molecule has 0 saturated heterocycles. The van der Waals surface area contributed by atoms with Crippen LogP contribution in [0.25, 0.3) is 0 Å². The first-order chi connectivity index (χ1) is 10.0. The Kier molecular flexibility index (Phi) is 6.61. The Bertz CT molecular complexity index is 505. The molecule has 0 aromatic heterocycles. The number of benzene rings is 1. The zero-order valence-electron chi connectivity index (χ0n) is 12.4. The normalized spacial score (nSPS) is 11.8. The van der Waals surface area contributed by atoms with Gasteiger partial charge in [-0.1, -0.05) is 19.8 Å². The van der Waals surface area contributed by atoms with E-state index in [1.165, 1.54) is 25.2 Å². The minimum absolute atomic E-state index is 0.0522. The maximum Gasteiger partial charge on any atom is 0.292 e. The van der Waals surface area contributed by atoms with Gasteiger partial charge in [-0.05, 0) is 18.6 Å². The Morgan fingerprint density at radius 1 is 1.48 bits per heavy atom. The monoisotopic (exact) mass is 294 g/mol. The molecule has 0 radical (unpaired) electrons. The summed E-state index contributed by atoms with van der Waals surface area (Å²) in [6.45, 7) is 2.45. The minimum atomic E-state index is -0.469. The van der Waals surface area contributed by atoms with Crippen LogP contribution in [0.2, 0.25) is 0 Å². The standard InChI is InChI=1S/C14H22N4O3/c1-3-4-5-11(9-15)17-12-8-10(14(19)16-2)6-7-13(12)18(20)21/h6-8,11,17H,3-5,9,15H2,1-2H3,(H,16,19). The second-order valence-corrected chi connectivity index (χ2v) is 4.79. The summed E-state index contributed by atoms with van der Waals surface area (Å²) in [5.41, 5.74) is 6.34. The van der Waals surface area contributed by atoms with Crippen molar-refractivity contribution in [2.24, 2.45) is 5.73 Å². The maximum atomic E-state index is 11.6. The van der Waals surface area contributed by atoms with E-state index in [0.29, 0.717) is 17.8 Å². The van der Waals surface area contributed by atoms with Crippen LogP contribution >= 0.6 is 0 Å². The number of unbranched alkanes of at least 4 members (excludes halogenated alkanes) is 1. The summed E-state index contributed by atoms with van der Waals surface area (Å²) in [5.74, 6) is -0.286. The number of nitrogens with one attached hydrogen (secondary N) is 2. The van der Waals surface area contributed by atoms with Gasteiger partial charge in [0, 0.05) is 31.3 Å². The van der Waals surface area contributed by atoms with Crippen molar-refractivity contribution in [1.82, 2.24) is 5.32 Å². The average Bonchev–Trinajstić information content (AvgIpc) is 2.50. The van der Waals surface area contributed by atoms with Gasteiger partial charge in [0.15, 0.2) is 0 Å². The van der Waals surface area contributed by atoms with E-state index < -0.39 is 4.92 Å². The van der Waals surface area contributed by atoms with Gasteiger partial charge in [0.2, 0.25) is 0 Å². The average molecular weight is 294 g/mol. The third kappa shape index (κ3) is 4.71. The number of anilines is 1. The van der Waals surface area contributed by atoms with E-state index in [1.807, 2.05) is 0 Å². The molecule has 0 fully saturated rings. The van der Waals surface area contributed by atoms with Gasteiger partial charge >= 0.3 is 0 Å². The molecule has 0 bridgehead atoms. The Morgan fingerprint density at radius 3 is 2.71 bits per heavy atom. The van der Waals surface area contributed by atoms with Crippen LogP contribution in [0.1, 0.15) is 36.5 Å². The number of nitrogens with two attached hydrogens (primary N) is 1. The highest BCUT2D eigenvalue weighted by molar-refractivity contribution is 5.95. The van der Waals surface area contributed by atoms with Crippen LogP contribution in [0.4, 0.5) is 11.4 Å². The van der Waals surface area contributed by atoms with Crippen LogP contribution in [0.5, 0.6) is 0 Å². The molecule has 7 heteroatoms. The summed E-state index contributed by atoms with van der Waals surface area (Å²) in [5, 5.41) is 16.7. The van der Waals surface area contributed by atoms with Crippen LogP contribution in [0.3, 0.4) is 0 Å². The fourth-order valence-electron chi connectivity index (χ4n) is 2.02.